The summed E-state index contributed by atoms with van der Waals surface area (Å²) in [6, 6.07) is 57.4. The van der Waals surface area contributed by atoms with Gasteiger partial charge in [0.1, 0.15) is 0 Å². The third-order valence-corrected chi connectivity index (χ3v) is 13.4. The molecule has 3 heterocycles. The van der Waals surface area contributed by atoms with Crippen LogP contribution in [0.3, 0.4) is 0 Å². The summed E-state index contributed by atoms with van der Waals surface area (Å²) < 4.78 is 0. The maximum atomic E-state index is 2.64. The number of anilines is 6. The minimum Gasteiger partial charge on any atom is -0.311 e. The van der Waals surface area contributed by atoms with Gasteiger partial charge in [-0.3, -0.25) is 0 Å². The SMILES string of the molecule is CC(C)c1cc(C(C)C)c(B2c3ccccc3N(c3ccccc3)c3cc4c(cc32)B2c3ccccc3N(c3ccccc3)c3cccc(c32)S4)c(C(C)C)c1. The first-order chi connectivity index (χ1) is 27.3. The molecule has 7 aromatic carbocycles. The van der Waals surface area contributed by atoms with Crippen molar-refractivity contribution < 1.29 is 0 Å². The lowest BCUT2D eigenvalue weighted by Gasteiger charge is -2.42. The van der Waals surface area contributed by atoms with Crippen molar-refractivity contribution in [3.05, 3.63) is 168 Å². The Labute approximate surface area is 337 Å². The largest absolute Gasteiger partial charge is 0.311 e. The molecule has 2 nitrogen and oxygen atoms in total. The van der Waals surface area contributed by atoms with E-state index in [9.17, 15) is 0 Å². The van der Waals surface area contributed by atoms with Crippen molar-refractivity contribution in [2.75, 3.05) is 9.80 Å². The van der Waals surface area contributed by atoms with Crippen LogP contribution < -0.4 is 42.6 Å². The minimum absolute atomic E-state index is 0.0729. The molecule has 0 radical (unpaired) electrons. The van der Waals surface area contributed by atoms with Crippen molar-refractivity contribution in [3.63, 3.8) is 0 Å². The van der Waals surface area contributed by atoms with Crippen LogP contribution in [0.1, 0.15) is 76.0 Å². The van der Waals surface area contributed by atoms with Gasteiger partial charge >= 0.3 is 0 Å². The van der Waals surface area contributed by atoms with Crippen molar-refractivity contribution >= 4 is 92.1 Å². The van der Waals surface area contributed by atoms with E-state index in [0.29, 0.717) is 17.8 Å². The Morgan fingerprint density at radius 2 is 0.893 bits per heavy atom. The molecule has 272 valence electrons. The van der Waals surface area contributed by atoms with Gasteiger partial charge in [-0.25, -0.2) is 0 Å². The van der Waals surface area contributed by atoms with Gasteiger partial charge in [0, 0.05) is 43.9 Å². The zero-order valence-electron chi connectivity index (χ0n) is 33.1. The number of fused-ring (bicyclic) bond motifs is 6. The Hall–Kier alpha value is -5.38. The number of nitrogens with zero attached hydrogens (tertiary/aromatic N) is 2. The molecule has 3 aliphatic rings. The molecule has 5 heteroatoms. The molecule has 56 heavy (non-hydrogen) atoms. The van der Waals surface area contributed by atoms with Crippen molar-refractivity contribution in [2.24, 2.45) is 0 Å². The lowest BCUT2D eigenvalue weighted by Crippen LogP contribution is -2.63. The Morgan fingerprint density at radius 1 is 0.393 bits per heavy atom. The fraction of sp³-hybridized carbons (Fsp3) is 0.176. The van der Waals surface area contributed by atoms with E-state index in [-0.39, 0.29) is 13.4 Å². The summed E-state index contributed by atoms with van der Waals surface area (Å²) in [5.74, 6) is 1.21. The second-order valence-corrected chi connectivity index (χ2v) is 17.7. The number of rotatable bonds is 6. The van der Waals surface area contributed by atoms with E-state index in [4.69, 9.17) is 0 Å². The highest BCUT2D eigenvalue weighted by molar-refractivity contribution is 8.00. The number of benzene rings is 7. The van der Waals surface area contributed by atoms with Gasteiger partial charge in [-0.05, 0) is 111 Å². The highest BCUT2D eigenvalue weighted by Gasteiger charge is 2.44. The third kappa shape index (κ3) is 5.42. The van der Waals surface area contributed by atoms with Crippen LogP contribution in [0.5, 0.6) is 0 Å². The molecule has 0 spiro atoms. The smallest absolute Gasteiger partial charge is 0.249 e. The van der Waals surface area contributed by atoms with Crippen molar-refractivity contribution in [1.82, 2.24) is 0 Å². The zero-order chi connectivity index (χ0) is 38.2. The summed E-state index contributed by atoms with van der Waals surface area (Å²) in [5, 5.41) is 0. The van der Waals surface area contributed by atoms with E-state index in [2.05, 4.69) is 203 Å². The van der Waals surface area contributed by atoms with E-state index in [1.807, 2.05) is 11.8 Å². The highest BCUT2D eigenvalue weighted by Crippen LogP contribution is 2.44. The highest BCUT2D eigenvalue weighted by atomic mass is 32.2. The molecule has 0 amide bonds. The zero-order valence-corrected chi connectivity index (χ0v) is 33.9. The Morgan fingerprint density at radius 3 is 1.45 bits per heavy atom. The predicted molar refractivity (Wildman–Crippen MR) is 244 cm³/mol. The molecule has 0 aliphatic carbocycles. The molecule has 3 aliphatic heterocycles. The van der Waals surface area contributed by atoms with Crippen LogP contribution in [-0.2, 0) is 0 Å². The number of hydrogen-bond acceptors (Lipinski definition) is 3. The van der Waals surface area contributed by atoms with Gasteiger partial charge in [-0.1, -0.05) is 161 Å². The van der Waals surface area contributed by atoms with Crippen LogP contribution in [0, 0.1) is 0 Å². The van der Waals surface area contributed by atoms with E-state index in [1.54, 1.807) is 0 Å². The van der Waals surface area contributed by atoms with Crippen LogP contribution in [0.4, 0.5) is 34.1 Å². The summed E-state index contributed by atoms with van der Waals surface area (Å²) >= 11 is 1.94. The number of para-hydroxylation sites is 4. The third-order valence-electron chi connectivity index (χ3n) is 12.3. The molecular weight excluding hydrogens is 694 g/mol. The van der Waals surface area contributed by atoms with Gasteiger partial charge in [-0.15, -0.1) is 0 Å². The lowest BCUT2D eigenvalue weighted by molar-refractivity contribution is 0.812. The fourth-order valence-corrected chi connectivity index (χ4v) is 10.9. The topological polar surface area (TPSA) is 6.48 Å². The molecule has 0 fully saturated rings. The minimum atomic E-state index is 0.0729. The maximum Gasteiger partial charge on any atom is 0.249 e. The van der Waals surface area contributed by atoms with Crippen molar-refractivity contribution in [3.8, 4) is 0 Å². The van der Waals surface area contributed by atoms with E-state index >= 15 is 0 Å². The average molecular weight is 741 g/mol. The molecule has 0 aromatic heterocycles. The fourth-order valence-electron chi connectivity index (χ4n) is 9.71. The summed E-state index contributed by atoms with van der Waals surface area (Å²) in [5.41, 5.74) is 20.2. The first-order valence-electron chi connectivity index (χ1n) is 20.3. The van der Waals surface area contributed by atoms with Gasteiger partial charge in [-0.2, -0.15) is 0 Å². The monoisotopic (exact) mass is 740 g/mol. The summed E-state index contributed by atoms with van der Waals surface area (Å²) in [6.45, 7) is 14.4. The summed E-state index contributed by atoms with van der Waals surface area (Å²) in [6.07, 6.45) is 0. The van der Waals surface area contributed by atoms with Crippen molar-refractivity contribution in [2.45, 2.75) is 69.1 Å². The molecule has 7 aromatic rings. The average Bonchev–Trinajstić information content (AvgIpc) is 3.22. The Bertz CT molecular complexity index is 2610. The van der Waals surface area contributed by atoms with E-state index < -0.39 is 0 Å². The van der Waals surface area contributed by atoms with E-state index in [0.717, 1.165) is 0 Å². The normalized spacial score (nSPS) is 13.8. The number of hydrogen-bond donors (Lipinski definition) is 0. The van der Waals surface area contributed by atoms with Gasteiger partial charge in [0.25, 0.3) is 0 Å². The molecule has 0 bridgehead atoms. The van der Waals surface area contributed by atoms with Gasteiger partial charge in [0.15, 0.2) is 0 Å². The van der Waals surface area contributed by atoms with Crippen LogP contribution in [-0.4, -0.2) is 13.4 Å². The predicted octanol–water partition coefficient (Wildman–Crippen LogP) is 10.1. The van der Waals surface area contributed by atoms with E-state index in [1.165, 1.54) is 93.4 Å². The molecule has 0 saturated heterocycles. The van der Waals surface area contributed by atoms with Crippen LogP contribution in [0.15, 0.2) is 161 Å². The molecule has 0 N–H and O–H groups in total. The van der Waals surface area contributed by atoms with Crippen molar-refractivity contribution in [1.29, 1.82) is 0 Å². The van der Waals surface area contributed by atoms with Crippen LogP contribution in [0.25, 0.3) is 0 Å². The van der Waals surface area contributed by atoms with Crippen LogP contribution in [0.2, 0.25) is 0 Å². The summed E-state index contributed by atoms with van der Waals surface area (Å²) in [7, 11) is 0. The lowest BCUT2D eigenvalue weighted by atomic mass is 9.31. The standard InChI is InChI=1S/C51H46B2N2S/c1-32(2)35-28-38(33(3)4)50(39(29-35)34(5)6)52-40-22-13-16-25-45(40)55(37-20-11-8-12-21-37)47-31-49-43(30-42(47)52)53-41-23-14-15-24-44(41)54(36-18-9-7-10-19-36)46-26-17-27-48(56-49)51(46)53/h7-34H,1-6H3. The Kier molecular flexibility index (Phi) is 8.56. The molecule has 10 rings (SSSR count). The Balaban J connectivity index is 1.29. The molecule has 0 saturated carbocycles. The van der Waals surface area contributed by atoms with Gasteiger partial charge < -0.3 is 9.80 Å². The first kappa shape index (κ1) is 35.1. The molecule has 0 atom stereocenters. The quantitative estimate of drug-likeness (QED) is 0.157. The second-order valence-electron chi connectivity index (χ2n) is 16.6. The maximum absolute atomic E-state index is 2.64. The van der Waals surface area contributed by atoms with Gasteiger partial charge in [0.2, 0.25) is 13.4 Å². The first-order valence-corrected chi connectivity index (χ1v) is 21.2. The van der Waals surface area contributed by atoms with Crippen LogP contribution >= 0.6 is 11.8 Å². The van der Waals surface area contributed by atoms with Gasteiger partial charge in [0.05, 0.1) is 0 Å². The second kappa shape index (κ2) is 13.7. The molecular formula is C51H46B2N2S. The molecule has 0 unspecified atom stereocenters. The summed E-state index contributed by atoms with van der Waals surface area (Å²) in [4.78, 5) is 7.68.